The molecule has 0 atom stereocenters. The highest BCUT2D eigenvalue weighted by Crippen LogP contribution is 2.13. The topological polar surface area (TPSA) is 51.1 Å². The fourth-order valence-corrected chi connectivity index (χ4v) is 2.35. The standard InChI is InChI=1S/C9H7Br2F3N2O2/c10-5-1-6(11)8(18)16(2-5)3-7(17)15-4-9(12,13)14/h1-2H,3-4H2,(H,15,17). The van der Waals surface area contributed by atoms with Crippen molar-refractivity contribution in [2.24, 2.45) is 0 Å². The average Bonchev–Trinajstić information content (AvgIpc) is 2.21. The molecule has 4 nitrogen and oxygen atoms in total. The fraction of sp³-hybridized carbons (Fsp3) is 0.333. The predicted molar refractivity (Wildman–Crippen MR) is 65.2 cm³/mol. The number of amides is 1. The van der Waals surface area contributed by atoms with E-state index in [9.17, 15) is 22.8 Å². The second-order valence-corrected chi connectivity index (χ2v) is 5.10. The minimum absolute atomic E-state index is 0.209. The number of hydrogen-bond donors (Lipinski definition) is 1. The summed E-state index contributed by atoms with van der Waals surface area (Å²) < 4.78 is 37.3. The number of pyridine rings is 1. The van der Waals surface area contributed by atoms with E-state index >= 15 is 0 Å². The Balaban J connectivity index is 2.74. The van der Waals surface area contributed by atoms with Crippen LogP contribution in [0.1, 0.15) is 0 Å². The van der Waals surface area contributed by atoms with E-state index in [1.54, 1.807) is 5.32 Å². The number of rotatable bonds is 3. The number of nitrogens with zero attached hydrogens (tertiary/aromatic N) is 1. The lowest BCUT2D eigenvalue weighted by molar-refractivity contribution is -0.138. The van der Waals surface area contributed by atoms with Crippen LogP contribution < -0.4 is 10.9 Å². The monoisotopic (exact) mass is 390 g/mol. The maximum atomic E-state index is 11.9. The van der Waals surface area contributed by atoms with Crippen molar-refractivity contribution in [3.05, 3.63) is 31.6 Å². The van der Waals surface area contributed by atoms with E-state index in [0.717, 1.165) is 4.57 Å². The summed E-state index contributed by atoms with van der Waals surface area (Å²) in [7, 11) is 0. The zero-order valence-corrected chi connectivity index (χ0v) is 11.9. The zero-order chi connectivity index (χ0) is 13.9. The largest absolute Gasteiger partial charge is 0.405 e. The third-order valence-corrected chi connectivity index (χ3v) is 2.81. The quantitative estimate of drug-likeness (QED) is 0.857. The Morgan fingerprint density at radius 1 is 1.39 bits per heavy atom. The highest BCUT2D eigenvalue weighted by atomic mass is 79.9. The molecule has 100 valence electrons. The van der Waals surface area contributed by atoms with Crippen molar-refractivity contribution in [3.63, 3.8) is 0 Å². The Bertz CT molecular complexity index is 514. The number of alkyl halides is 3. The summed E-state index contributed by atoms with van der Waals surface area (Å²) in [6.45, 7) is -1.90. The van der Waals surface area contributed by atoms with Crippen molar-refractivity contribution in [2.45, 2.75) is 12.7 Å². The van der Waals surface area contributed by atoms with Gasteiger partial charge in [-0.25, -0.2) is 0 Å². The van der Waals surface area contributed by atoms with Crippen LogP contribution in [0, 0.1) is 0 Å². The van der Waals surface area contributed by atoms with Gasteiger partial charge in [0, 0.05) is 10.7 Å². The van der Waals surface area contributed by atoms with E-state index in [-0.39, 0.29) is 4.47 Å². The summed E-state index contributed by atoms with van der Waals surface area (Å²) in [6.07, 6.45) is -3.15. The first-order chi connectivity index (χ1) is 8.19. The molecule has 0 aromatic carbocycles. The molecule has 0 bridgehead atoms. The molecule has 0 saturated heterocycles. The molecular weight excluding hydrogens is 385 g/mol. The van der Waals surface area contributed by atoms with Crippen LogP contribution in [0.3, 0.4) is 0 Å². The van der Waals surface area contributed by atoms with Crippen molar-refractivity contribution in [1.29, 1.82) is 0 Å². The van der Waals surface area contributed by atoms with Gasteiger partial charge in [0.2, 0.25) is 5.91 Å². The van der Waals surface area contributed by atoms with E-state index in [4.69, 9.17) is 0 Å². The first kappa shape index (κ1) is 15.2. The van der Waals surface area contributed by atoms with Crippen molar-refractivity contribution in [3.8, 4) is 0 Å². The Morgan fingerprint density at radius 3 is 2.56 bits per heavy atom. The Hall–Kier alpha value is -0.830. The number of nitrogens with one attached hydrogen (secondary N) is 1. The fourth-order valence-electron chi connectivity index (χ4n) is 1.09. The van der Waals surface area contributed by atoms with Gasteiger partial charge in [0.1, 0.15) is 13.1 Å². The molecule has 18 heavy (non-hydrogen) atoms. The van der Waals surface area contributed by atoms with Crippen molar-refractivity contribution in [2.75, 3.05) is 6.54 Å². The smallest absolute Gasteiger partial charge is 0.345 e. The first-order valence-electron chi connectivity index (χ1n) is 4.58. The molecule has 1 rings (SSSR count). The van der Waals surface area contributed by atoms with Crippen LogP contribution in [0.25, 0.3) is 0 Å². The molecule has 0 unspecified atom stereocenters. The van der Waals surface area contributed by atoms with Crippen LogP contribution in [0.5, 0.6) is 0 Å². The van der Waals surface area contributed by atoms with Gasteiger partial charge < -0.3 is 9.88 Å². The summed E-state index contributed by atoms with van der Waals surface area (Å²) >= 11 is 6.09. The van der Waals surface area contributed by atoms with Gasteiger partial charge in [0.15, 0.2) is 0 Å². The van der Waals surface area contributed by atoms with Crippen LogP contribution >= 0.6 is 31.9 Å². The molecular formula is C9H7Br2F3N2O2. The van der Waals surface area contributed by atoms with Crippen molar-refractivity contribution >= 4 is 37.8 Å². The normalized spacial score (nSPS) is 11.4. The summed E-state index contributed by atoms with van der Waals surface area (Å²) in [4.78, 5) is 22.8. The van der Waals surface area contributed by atoms with Crippen molar-refractivity contribution in [1.82, 2.24) is 9.88 Å². The summed E-state index contributed by atoms with van der Waals surface area (Å²) in [5, 5.41) is 1.68. The molecule has 0 fully saturated rings. The van der Waals surface area contributed by atoms with Gasteiger partial charge in [-0.2, -0.15) is 13.2 Å². The highest BCUT2D eigenvalue weighted by molar-refractivity contribution is 9.11. The summed E-state index contributed by atoms with van der Waals surface area (Å²) in [5.74, 6) is -0.889. The summed E-state index contributed by atoms with van der Waals surface area (Å²) in [6, 6.07) is 1.48. The molecule has 1 amide bonds. The van der Waals surface area contributed by atoms with E-state index in [2.05, 4.69) is 31.9 Å². The maximum absolute atomic E-state index is 11.9. The third-order valence-electron chi connectivity index (χ3n) is 1.81. The Labute approximate surface area is 116 Å². The van der Waals surface area contributed by atoms with Gasteiger partial charge in [-0.05, 0) is 37.9 Å². The van der Waals surface area contributed by atoms with Crippen LogP contribution in [0.4, 0.5) is 13.2 Å². The van der Waals surface area contributed by atoms with Gasteiger partial charge in [0.25, 0.3) is 5.56 Å². The lowest BCUT2D eigenvalue weighted by Gasteiger charge is -2.10. The molecule has 1 N–H and O–H groups in total. The van der Waals surface area contributed by atoms with E-state index in [0.29, 0.717) is 4.47 Å². The average molecular weight is 392 g/mol. The van der Waals surface area contributed by atoms with Crippen LogP contribution in [0.2, 0.25) is 0 Å². The Kier molecular flexibility index (Phi) is 4.97. The number of hydrogen-bond acceptors (Lipinski definition) is 2. The van der Waals surface area contributed by atoms with E-state index < -0.39 is 30.7 Å². The number of aromatic nitrogens is 1. The van der Waals surface area contributed by atoms with Gasteiger partial charge in [-0.15, -0.1) is 0 Å². The molecule has 0 radical (unpaired) electrons. The van der Waals surface area contributed by atoms with E-state index in [1.807, 2.05) is 0 Å². The van der Waals surface area contributed by atoms with Crippen molar-refractivity contribution < 1.29 is 18.0 Å². The molecule has 0 aliphatic rings. The lowest BCUT2D eigenvalue weighted by Crippen LogP contribution is -2.37. The van der Waals surface area contributed by atoms with Crippen LogP contribution in [0.15, 0.2) is 26.0 Å². The molecule has 0 saturated carbocycles. The number of carbonyl (C=O) groups excluding carboxylic acids is 1. The molecule has 1 heterocycles. The predicted octanol–water partition coefficient (Wildman–Crippen LogP) is 2.05. The third kappa shape index (κ3) is 4.81. The SMILES string of the molecule is O=C(Cn1cc(Br)cc(Br)c1=O)NCC(F)(F)F. The van der Waals surface area contributed by atoms with E-state index in [1.165, 1.54) is 12.3 Å². The lowest BCUT2D eigenvalue weighted by atomic mass is 10.4. The molecule has 1 aromatic rings. The zero-order valence-electron chi connectivity index (χ0n) is 8.72. The minimum atomic E-state index is -4.47. The maximum Gasteiger partial charge on any atom is 0.405 e. The molecule has 9 heteroatoms. The first-order valence-corrected chi connectivity index (χ1v) is 6.16. The second-order valence-electron chi connectivity index (χ2n) is 3.33. The van der Waals surface area contributed by atoms with Crippen LogP contribution in [-0.4, -0.2) is 23.2 Å². The molecule has 1 aromatic heterocycles. The van der Waals surface area contributed by atoms with Gasteiger partial charge in [-0.3, -0.25) is 9.59 Å². The molecule has 0 spiro atoms. The van der Waals surface area contributed by atoms with Gasteiger partial charge >= 0.3 is 6.18 Å². The van der Waals surface area contributed by atoms with Crippen LogP contribution in [-0.2, 0) is 11.3 Å². The number of halogens is 5. The molecule has 0 aliphatic carbocycles. The van der Waals surface area contributed by atoms with Gasteiger partial charge in [-0.1, -0.05) is 0 Å². The minimum Gasteiger partial charge on any atom is -0.345 e. The summed E-state index contributed by atoms with van der Waals surface area (Å²) in [5.41, 5.74) is -0.500. The highest BCUT2D eigenvalue weighted by Gasteiger charge is 2.27. The van der Waals surface area contributed by atoms with Gasteiger partial charge in [0.05, 0.1) is 4.47 Å². The number of carbonyl (C=O) groups is 1. The molecule has 0 aliphatic heterocycles. The Morgan fingerprint density at radius 2 is 2.00 bits per heavy atom. The second kappa shape index (κ2) is 5.87.